The molecule has 0 saturated heterocycles. The fraction of sp³-hybridized carbons (Fsp3) is 0.600. The van der Waals surface area contributed by atoms with E-state index < -0.39 is 0 Å². The summed E-state index contributed by atoms with van der Waals surface area (Å²) in [6, 6.07) is 9.07. The quantitative estimate of drug-likeness (QED) is 0.675. The number of benzene rings is 1. The molecule has 0 nitrogen and oxygen atoms in total. The van der Waals surface area contributed by atoms with Crippen molar-refractivity contribution in [1.29, 1.82) is 0 Å². The summed E-state index contributed by atoms with van der Waals surface area (Å²) in [5, 5.41) is 0. The lowest BCUT2D eigenvalue weighted by atomic mass is 9.75. The van der Waals surface area contributed by atoms with E-state index >= 15 is 0 Å². The Balaban J connectivity index is 2.28. The Morgan fingerprint density at radius 2 is 2.00 bits per heavy atom. The van der Waals surface area contributed by atoms with Crippen molar-refractivity contribution in [2.45, 2.75) is 57.8 Å². The standard InChI is InChI=1S/C15H22/c1-3-5-11-15(4-2)12-10-13-8-6-7-9-14(13)15/h6-9H,3-5,10-12H2,1-2H3. The molecule has 1 aromatic rings. The largest absolute Gasteiger partial charge is 0.0654 e. The van der Waals surface area contributed by atoms with Gasteiger partial charge in [-0.25, -0.2) is 0 Å². The van der Waals surface area contributed by atoms with E-state index in [4.69, 9.17) is 0 Å². The molecule has 1 aliphatic carbocycles. The van der Waals surface area contributed by atoms with Gasteiger partial charge < -0.3 is 0 Å². The lowest BCUT2D eigenvalue weighted by Crippen LogP contribution is -2.21. The number of rotatable bonds is 4. The number of unbranched alkanes of at least 4 members (excludes halogenated alkanes) is 1. The summed E-state index contributed by atoms with van der Waals surface area (Å²) in [7, 11) is 0. The topological polar surface area (TPSA) is 0 Å². The lowest BCUT2D eigenvalue weighted by molar-refractivity contribution is 0.365. The Morgan fingerprint density at radius 1 is 1.20 bits per heavy atom. The van der Waals surface area contributed by atoms with Crippen LogP contribution in [0.3, 0.4) is 0 Å². The summed E-state index contributed by atoms with van der Waals surface area (Å²) in [4.78, 5) is 0. The maximum absolute atomic E-state index is 2.36. The Morgan fingerprint density at radius 3 is 2.73 bits per heavy atom. The molecule has 0 radical (unpaired) electrons. The van der Waals surface area contributed by atoms with Crippen molar-refractivity contribution in [3.8, 4) is 0 Å². The zero-order valence-corrected chi connectivity index (χ0v) is 10.1. The minimum atomic E-state index is 0.520. The van der Waals surface area contributed by atoms with Gasteiger partial charge in [-0.3, -0.25) is 0 Å². The molecule has 0 saturated carbocycles. The molecule has 0 aliphatic heterocycles. The molecule has 0 aromatic heterocycles. The average Bonchev–Trinajstić information content (AvgIpc) is 2.66. The molecular formula is C15H22. The van der Waals surface area contributed by atoms with Crippen LogP contribution < -0.4 is 0 Å². The number of aryl methyl sites for hydroxylation is 1. The average molecular weight is 202 g/mol. The molecular weight excluding hydrogens is 180 g/mol. The van der Waals surface area contributed by atoms with Gasteiger partial charge >= 0.3 is 0 Å². The Bertz CT molecular complexity index is 327. The van der Waals surface area contributed by atoms with Crippen molar-refractivity contribution in [1.82, 2.24) is 0 Å². The predicted molar refractivity (Wildman–Crippen MR) is 66.3 cm³/mol. The van der Waals surface area contributed by atoms with Gasteiger partial charge in [0.2, 0.25) is 0 Å². The lowest BCUT2D eigenvalue weighted by Gasteiger charge is -2.29. The summed E-state index contributed by atoms with van der Waals surface area (Å²) in [6.45, 7) is 4.65. The molecule has 0 N–H and O–H groups in total. The van der Waals surface area contributed by atoms with Crippen LogP contribution in [0.1, 0.15) is 57.1 Å². The second-order valence-electron chi connectivity index (χ2n) is 4.89. The first-order valence-electron chi connectivity index (χ1n) is 6.41. The van der Waals surface area contributed by atoms with E-state index in [2.05, 4.69) is 38.1 Å². The summed E-state index contributed by atoms with van der Waals surface area (Å²) < 4.78 is 0. The minimum absolute atomic E-state index is 0.520. The molecule has 0 heteroatoms. The molecule has 1 aliphatic rings. The van der Waals surface area contributed by atoms with Gasteiger partial charge in [-0.15, -0.1) is 0 Å². The SMILES string of the molecule is CCCCC1(CC)CCc2ccccc21. The van der Waals surface area contributed by atoms with Crippen LogP contribution in [0.2, 0.25) is 0 Å². The molecule has 1 unspecified atom stereocenters. The fourth-order valence-electron chi connectivity index (χ4n) is 3.08. The third kappa shape index (κ3) is 1.82. The minimum Gasteiger partial charge on any atom is -0.0654 e. The summed E-state index contributed by atoms with van der Waals surface area (Å²) in [5.41, 5.74) is 3.78. The normalized spacial score (nSPS) is 24.1. The van der Waals surface area contributed by atoms with Crippen LogP contribution in [-0.4, -0.2) is 0 Å². The highest BCUT2D eigenvalue weighted by molar-refractivity contribution is 5.39. The molecule has 0 amide bonds. The number of hydrogen-bond acceptors (Lipinski definition) is 0. The molecule has 2 rings (SSSR count). The van der Waals surface area contributed by atoms with Gasteiger partial charge in [0.05, 0.1) is 0 Å². The van der Waals surface area contributed by atoms with Crippen LogP contribution in [0.5, 0.6) is 0 Å². The molecule has 15 heavy (non-hydrogen) atoms. The van der Waals surface area contributed by atoms with E-state index in [1.54, 1.807) is 11.1 Å². The number of fused-ring (bicyclic) bond motifs is 1. The third-order valence-electron chi connectivity index (χ3n) is 4.15. The van der Waals surface area contributed by atoms with Crippen molar-refractivity contribution in [3.63, 3.8) is 0 Å². The van der Waals surface area contributed by atoms with Gasteiger partial charge in [-0.05, 0) is 42.2 Å². The first-order chi connectivity index (χ1) is 7.32. The Kier molecular flexibility index (Phi) is 3.14. The maximum Gasteiger partial charge on any atom is -0.00437 e. The predicted octanol–water partition coefficient (Wildman–Crippen LogP) is 4.47. The smallest absolute Gasteiger partial charge is 0.00437 e. The van der Waals surface area contributed by atoms with Gasteiger partial charge in [0.1, 0.15) is 0 Å². The highest BCUT2D eigenvalue weighted by Gasteiger charge is 2.35. The summed E-state index contributed by atoms with van der Waals surface area (Å²) in [5.74, 6) is 0. The Hall–Kier alpha value is -0.780. The van der Waals surface area contributed by atoms with Crippen molar-refractivity contribution in [2.75, 3.05) is 0 Å². The first-order valence-corrected chi connectivity index (χ1v) is 6.41. The van der Waals surface area contributed by atoms with Crippen molar-refractivity contribution >= 4 is 0 Å². The molecule has 0 spiro atoms. The molecule has 0 bridgehead atoms. The van der Waals surface area contributed by atoms with E-state index in [9.17, 15) is 0 Å². The van der Waals surface area contributed by atoms with Gasteiger partial charge in [0.15, 0.2) is 0 Å². The molecule has 82 valence electrons. The summed E-state index contributed by atoms with van der Waals surface area (Å²) in [6.07, 6.45) is 8.07. The van der Waals surface area contributed by atoms with Gasteiger partial charge in [0, 0.05) is 0 Å². The van der Waals surface area contributed by atoms with Gasteiger partial charge in [0.25, 0.3) is 0 Å². The van der Waals surface area contributed by atoms with Gasteiger partial charge in [-0.2, -0.15) is 0 Å². The third-order valence-corrected chi connectivity index (χ3v) is 4.15. The fourth-order valence-corrected chi connectivity index (χ4v) is 3.08. The maximum atomic E-state index is 2.36. The van der Waals surface area contributed by atoms with E-state index in [1.807, 2.05) is 0 Å². The molecule has 0 heterocycles. The van der Waals surface area contributed by atoms with E-state index in [0.29, 0.717) is 5.41 Å². The van der Waals surface area contributed by atoms with Crippen molar-refractivity contribution in [2.24, 2.45) is 0 Å². The van der Waals surface area contributed by atoms with E-state index in [1.165, 1.54) is 38.5 Å². The second kappa shape index (κ2) is 4.38. The van der Waals surface area contributed by atoms with Crippen LogP contribution in [-0.2, 0) is 11.8 Å². The molecule has 1 atom stereocenters. The zero-order chi connectivity index (χ0) is 10.7. The van der Waals surface area contributed by atoms with Crippen LogP contribution in [0, 0.1) is 0 Å². The van der Waals surface area contributed by atoms with Crippen molar-refractivity contribution < 1.29 is 0 Å². The monoisotopic (exact) mass is 202 g/mol. The summed E-state index contributed by atoms with van der Waals surface area (Å²) >= 11 is 0. The van der Waals surface area contributed by atoms with E-state index in [0.717, 1.165) is 0 Å². The highest BCUT2D eigenvalue weighted by atomic mass is 14.4. The van der Waals surface area contributed by atoms with E-state index in [-0.39, 0.29) is 0 Å². The van der Waals surface area contributed by atoms with Crippen LogP contribution in [0.25, 0.3) is 0 Å². The first kappa shape index (κ1) is 10.7. The van der Waals surface area contributed by atoms with Crippen LogP contribution >= 0.6 is 0 Å². The zero-order valence-electron chi connectivity index (χ0n) is 10.1. The van der Waals surface area contributed by atoms with Crippen molar-refractivity contribution in [3.05, 3.63) is 35.4 Å². The Labute approximate surface area is 93.7 Å². The molecule has 1 aromatic carbocycles. The second-order valence-corrected chi connectivity index (χ2v) is 4.89. The molecule has 0 fully saturated rings. The highest BCUT2D eigenvalue weighted by Crippen LogP contribution is 2.44. The van der Waals surface area contributed by atoms with Gasteiger partial charge in [-0.1, -0.05) is 51.0 Å². The van der Waals surface area contributed by atoms with Crippen LogP contribution in [0.15, 0.2) is 24.3 Å². The van der Waals surface area contributed by atoms with Crippen LogP contribution in [0.4, 0.5) is 0 Å². The number of hydrogen-bond donors (Lipinski definition) is 0.